The average Bonchev–Trinajstić information content (AvgIpc) is 3.05. The first-order valence-corrected chi connectivity index (χ1v) is 10.2. The van der Waals surface area contributed by atoms with E-state index in [-0.39, 0.29) is 21.6 Å². The molecule has 1 aliphatic carbocycles. The molecule has 2 aliphatic heterocycles. The van der Waals surface area contributed by atoms with Crippen molar-refractivity contribution >= 4 is 12.1 Å². The highest BCUT2D eigenvalue weighted by Crippen LogP contribution is 2.46. The van der Waals surface area contributed by atoms with E-state index in [9.17, 15) is 13.9 Å². The Labute approximate surface area is 179 Å². The zero-order valence-electron chi connectivity index (χ0n) is 17.0. The van der Waals surface area contributed by atoms with Gasteiger partial charge in [-0.3, -0.25) is 4.99 Å². The Hall–Kier alpha value is -3.00. The minimum absolute atomic E-state index is 0.0540. The van der Waals surface area contributed by atoms with Crippen molar-refractivity contribution in [2.45, 2.75) is 31.3 Å². The van der Waals surface area contributed by atoms with Crippen LogP contribution in [0.1, 0.15) is 36.5 Å². The second-order valence-electron chi connectivity index (χ2n) is 8.68. The maximum Gasteiger partial charge on any atom is 0.298 e. The SMILES string of the molecule is CC1(O)CC(C2=C3C=NC=C[N+]3(N)C(c3ccc(C(F)(F)c4ccccc4)cc3)=N2)C1. The van der Waals surface area contributed by atoms with Crippen LogP contribution in [0.3, 0.4) is 0 Å². The van der Waals surface area contributed by atoms with Crippen LogP contribution in [0.15, 0.2) is 88.4 Å². The Morgan fingerprint density at radius 1 is 1.06 bits per heavy atom. The summed E-state index contributed by atoms with van der Waals surface area (Å²) in [5, 5.41) is 10.2. The Morgan fingerprint density at radius 2 is 1.71 bits per heavy atom. The molecule has 158 valence electrons. The highest BCUT2D eigenvalue weighted by molar-refractivity contribution is 6.00. The summed E-state index contributed by atoms with van der Waals surface area (Å²) in [6.45, 7) is 1.80. The number of hydrogen-bond donors (Lipinski definition) is 2. The van der Waals surface area contributed by atoms with Gasteiger partial charge in [-0.1, -0.05) is 42.5 Å². The molecule has 1 saturated carbocycles. The molecule has 7 heteroatoms. The summed E-state index contributed by atoms with van der Waals surface area (Å²) >= 11 is 0. The lowest BCUT2D eigenvalue weighted by atomic mass is 9.70. The lowest BCUT2D eigenvalue weighted by Gasteiger charge is -2.40. The zero-order chi connectivity index (χ0) is 21.9. The molecule has 5 rings (SSSR count). The van der Waals surface area contributed by atoms with Crippen LogP contribution in [0.5, 0.6) is 0 Å². The van der Waals surface area contributed by atoms with Crippen LogP contribution in [0.25, 0.3) is 0 Å². The third-order valence-corrected chi connectivity index (χ3v) is 6.22. The number of quaternary nitrogens is 1. The summed E-state index contributed by atoms with van der Waals surface area (Å²) in [7, 11) is 0. The van der Waals surface area contributed by atoms with Gasteiger partial charge in [0.05, 0.1) is 23.6 Å². The number of nitrogens with two attached hydrogens (primary N) is 1. The molecule has 1 fully saturated rings. The number of nitrogens with zero attached hydrogens (tertiary/aromatic N) is 3. The first-order valence-electron chi connectivity index (χ1n) is 10.2. The molecule has 3 aliphatic rings. The van der Waals surface area contributed by atoms with Gasteiger partial charge in [-0.25, -0.2) is 0 Å². The van der Waals surface area contributed by atoms with Crippen LogP contribution in [0.4, 0.5) is 8.78 Å². The summed E-state index contributed by atoms with van der Waals surface area (Å²) in [6.07, 6.45) is 6.23. The molecule has 0 amide bonds. The standard InChI is InChI=1S/C24H23F2N4O/c1-23(31)13-17(14-23)21-20-15-28-11-12-30(20,27)22(29-21)16-7-9-19(10-8-16)24(25,26)18-5-3-2-4-6-18/h2-12,15,17,31H,13-14,27H2,1H3/q+1. The third-order valence-electron chi connectivity index (χ3n) is 6.22. The van der Waals surface area contributed by atoms with Crippen molar-refractivity contribution in [2.75, 3.05) is 0 Å². The van der Waals surface area contributed by atoms with Crippen LogP contribution in [-0.4, -0.2) is 27.3 Å². The van der Waals surface area contributed by atoms with Gasteiger partial charge in [0.1, 0.15) is 11.9 Å². The minimum atomic E-state index is -3.10. The van der Waals surface area contributed by atoms with Crippen molar-refractivity contribution < 1.29 is 18.5 Å². The van der Waals surface area contributed by atoms with Gasteiger partial charge in [0, 0.05) is 17.0 Å². The van der Waals surface area contributed by atoms with Crippen molar-refractivity contribution in [1.82, 2.24) is 0 Å². The van der Waals surface area contributed by atoms with E-state index in [2.05, 4.69) is 4.99 Å². The highest BCUT2D eigenvalue weighted by atomic mass is 19.3. The fourth-order valence-corrected chi connectivity index (χ4v) is 4.54. The van der Waals surface area contributed by atoms with Gasteiger partial charge in [0.2, 0.25) is 5.70 Å². The van der Waals surface area contributed by atoms with Gasteiger partial charge in [-0.15, -0.1) is 4.59 Å². The number of allylic oxidation sites excluding steroid dienone is 2. The number of aliphatic hydroxyl groups is 1. The molecule has 1 unspecified atom stereocenters. The van der Waals surface area contributed by atoms with Gasteiger partial charge in [0.25, 0.3) is 11.8 Å². The van der Waals surface area contributed by atoms with Crippen molar-refractivity contribution in [3.63, 3.8) is 0 Å². The highest BCUT2D eigenvalue weighted by Gasteiger charge is 2.50. The Bertz CT molecular complexity index is 1140. The first kappa shape index (κ1) is 19.9. The molecule has 2 aromatic rings. The number of hydrogen-bond acceptors (Lipinski definition) is 4. The normalized spacial score (nSPS) is 29.6. The topological polar surface area (TPSA) is 71.0 Å². The van der Waals surface area contributed by atoms with Gasteiger partial charge in [-0.2, -0.15) is 19.6 Å². The van der Waals surface area contributed by atoms with E-state index in [0.29, 0.717) is 24.2 Å². The van der Waals surface area contributed by atoms with E-state index in [1.54, 1.807) is 55.9 Å². The number of aliphatic imine (C=N–C) groups is 2. The zero-order valence-corrected chi connectivity index (χ0v) is 17.0. The van der Waals surface area contributed by atoms with E-state index < -0.39 is 11.5 Å². The van der Waals surface area contributed by atoms with Crippen molar-refractivity contribution in [3.8, 4) is 0 Å². The lowest BCUT2D eigenvalue weighted by molar-refractivity contribution is -0.750. The third kappa shape index (κ3) is 3.17. The fourth-order valence-electron chi connectivity index (χ4n) is 4.54. The summed E-state index contributed by atoms with van der Waals surface area (Å²) in [5.74, 6) is 4.22. The second kappa shape index (κ2) is 6.75. The van der Waals surface area contributed by atoms with Crippen molar-refractivity contribution in [3.05, 3.63) is 95.1 Å². The van der Waals surface area contributed by atoms with Crippen LogP contribution < -0.4 is 5.84 Å². The van der Waals surface area contributed by atoms with Crippen molar-refractivity contribution in [1.29, 1.82) is 0 Å². The van der Waals surface area contributed by atoms with Crippen LogP contribution in [0, 0.1) is 5.92 Å². The first-order chi connectivity index (χ1) is 14.7. The molecule has 5 nitrogen and oxygen atoms in total. The quantitative estimate of drug-likeness (QED) is 0.574. The number of fused-ring (bicyclic) bond motifs is 1. The Morgan fingerprint density at radius 3 is 2.35 bits per heavy atom. The van der Waals surface area contributed by atoms with Gasteiger partial charge >= 0.3 is 0 Å². The molecule has 0 saturated heterocycles. The smallest absolute Gasteiger partial charge is 0.298 e. The van der Waals surface area contributed by atoms with E-state index in [4.69, 9.17) is 10.8 Å². The summed E-state index contributed by atoms with van der Waals surface area (Å²) in [4.78, 5) is 9.02. The second-order valence-corrected chi connectivity index (χ2v) is 8.68. The molecule has 31 heavy (non-hydrogen) atoms. The fraction of sp³-hybridized carbons (Fsp3) is 0.250. The number of alkyl halides is 2. The number of rotatable bonds is 4. The molecule has 3 N–H and O–H groups in total. The maximum absolute atomic E-state index is 14.9. The monoisotopic (exact) mass is 421 g/mol. The molecule has 0 aromatic heterocycles. The maximum atomic E-state index is 14.9. The molecular formula is C24H23F2N4O+. The predicted molar refractivity (Wildman–Crippen MR) is 115 cm³/mol. The summed E-state index contributed by atoms with van der Waals surface area (Å²) < 4.78 is 29.7. The number of benzene rings is 2. The molecule has 2 heterocycles. The molecule has 0 spiro atoms. The molecular weight excluding hydrogens is 398 g/mol. The van der Waals surface area contributed by atoms with Gasteiger partial charge in [-0.05, 0) is 31.9 Å². The van der Waals surface area contributed by atoms with E-state index >= 15 is 0 Å². The lowest BCUT2D eigenvalue weighted by Crippen LogP contribution is -2.53. The minimum Gasteiger partial charge on any atom is -0.390 e. The summed E-state index contributed by atoms with van der Waals surface area (Å²) in [5.41, 5.74) is 1.36. The van der Waals surface area contributed by atoms with E-state index in [1.807, 2.05) is 0 Å². The van der Waals surface area contributed by atoms with Gasteiger partial charge < -0.3 is 5.11 Å². The Kier molecular flexibility index (Phi) is 4.34. The van der Waals surface area contributed by atoms with Crippen LogP contribution in [0.2, 0.25) is 0 Å². The van der Waals surface area contributed by atoms with Crippen molar-refractivity contribution in [2.24, 2.45) is 21.7 Å². The van der Waals surface area contributed by atoms with E-state index in [1.165, 1.54) is 24.3 Å². The van der Waals surface area contributed by atoms with Crippen LogP contribution in [-0.2, 0) is 5.92 Å². The van der Waals surface area contributed by atoms with Gasteiger partial charge in [0.15, 0.2) is 0 Å². The average molecular weight is 421 g/mol. The molecule has 1 atom stereocenters. The number of halogens is 2. The van der Waals surface area contributed by atoms with E-state index in [0.717, 1.165) is 11.4 Å². The molecule has 2 aromatic carbocycles. The Balaban J connectivity index is 1.49. The summed E-state index contributed by atoms with van der Waals surface area (Å²) in [6, 6.07) is 13.9. The largest absolute Gasteiger partial charge is 0.390 e. The molecule has 0 radical (unpaired) electrons. The predicted octanol–water partition coefficient (Wildman–Crippen LogP) is 4.21. The molecule has 0 bridgehead atoms. The van der Waals surface area contributed by atoms with Crippen LogP contribution >= 0.6 is 0 Å². The number of amidine groups is 1.